The number of rotatable bonds is 15. The first kappa shape index (κ1) is 32.8. The number of nitrogens with one attached hydrogen (secondary N) is 2. The van der Waals surface area contributed by atoms with E-state index in [1.165, 1.54) is 20.8 Å². The molecule has 13 nitrogen and oxygen atoms in total. The molecule has 0 saturated carbocycles. The van der Waals surface area contributed by atoms with Gasteiger partial charge >= 0.3 is 18.9 Å². The predicted molar refractivity (Wildman–Crippen MR) is 137 cm³/mol. The summed E-state index contributed by atoms with van der Waals surface area (Å²) in [6.07, 6.45) is -5.07. The molecule has 0 aliphatic carbocycles. The van der Waals surface area contributed by atoms with Crippen LogP contribution in [0.1, 0.15) is 32.1 Å². The molecule has 4 atom stereocenters. The maximum Gasteiger partial charge on any atom is 0.399 e. The highest BCUT2D eigenvalue weighted by Crippen LogP contribution is 2.64. The number of aliphatic hydroxyl groups excluding tert-OH is 1. The summed E-state index contributed by atoms with van der Waals surface area (Å²) in [5, 5.41) is 13.7. The Morgan fingerprint density at radius 3 is 2.49 bits per heavy atom. The number of hydrogen-bond acceptors (Lipinski definition) is 10. The molecule has 0 spiro atoms. The topological polar surface area (TPSA) is 161 Å². The van der Waals surface area contributed by atoms with Crippen molar-refractivity contribution in [1.82, 2.24) is 19.8 Å². The highest BCUT2D eigenvalue weighted by Gasteiger charge is 2.58. The van der Waals surface area contributed by atoms with Crippen LogP contribution in [0.4, 0.5) is 8.78 Å². The maximum absolute atomic E-state index is 15.2. The summed E-state index contributed by atoms with van der Waals surface area (Å²) >= 11 is 0. The van der Waals surface area contributed by atoms with Gasteiger partial charge in [0.1, 0.15) is 0 Å². The fourth-order valence-electron chi connectivity index (χ4n) is 3.92. The second-order valence-corrected chi connectivity index (χ2v) is 11.3. The quantitative estimate of drug-likeness (QED) is 0.202. The standard InChI is InChI=1S/C23H37F2N4O9P/c1-7-36-39(34,37-8-2)23(24,25)11-16-19(31)18(15(4)35-13-17(30)26-9-10-28(5)6)21(38-16)29-12-14(3)20(32)27-22(29)33/h12,16,18-19,21,31H,4,7-11,13H2,1-3,5-6H3,(H,26,30)(H,27,32,33)/t16-,18-,19-,21-/m1/s1. The van der Waals surface area contributed by atoms with Gasteiger partial charge in [-0.1, -0.05) is 6.58 Å². The number of aryl methyl sites for hydroxylation is 1. The molecule has 39 heavy (non-hydrogen) atoms. The first-order valence-electron chi connectivity index (χ1n) is 12.3. The second-order valence-electron chi connectivity index (χ2n) is 9.17. The van der Waals surface area contributed by atoms with Gasteiger partial charge in [-0.25, -0.2) is 4.79 Å². The predicted octanol–water partition coefficient (Wildman–Crippen LogP) is 1.18. The van der Waals surface area contributed by atoms with Crippen LogP contribution in [0.5, 0.6) is 0 Å². The van der Waals surface area contributed by atoms with E-state index >= 15 is 8.78 Å². The Labute approximate surface area is 224 Å². The van der Waals surface area contributed by atoms with E-state index in [2.05, 4.69) is 16.9 Å². The minimum absolute atomic E-state index is 0.101. The van der Waals surface area contributed by atoms with Gasteiger partial charge in [0.15, 0.2) is 12.8 Å². The number of aliphatic hydroxyl groups is 1. The SMILES string of the molecule is C=C(OCC(=O)NCCN(C)C)[C@@H]1[C@H](O)[C@@H](CC(F)(F)P(=O)(OCC)OCC)O[C@H]1n1cc(C)c(=O)[nH]c1=O. The number of aromatic nitrogens is 2. The summed E-state index contributed by atoms with van der Waals surface area (Å²) in [6.45, 7) is 7.63. The van der Waals surface area contributed by atoms with Crippen LogP contribution >= 0.6 is 7.60 Å². The molecule has 1 aliphatic heterocycles. The average Bonchev–Trinajstić information content (AvgIpc) is 3.14. The molecule has 1 saturated heterocycles. The van der Waals surface area contributed by atoms with Gasteiger partial charge in [0.05, 0.1) is 43.5 Å². The number of carbonyl (C=O) groups excluding carboxylic acids is 1. The summed E-state index contributed by atoms with van der Waals surface area (Å²) in [7, 11) is -1.30. The number of aromatic amines is 1. The van der Waals surface area contributed by atoms with E-state index in [1.807, 2.05) is 19.0 Å². The molecule has 1 aromatic heterocycles. The normalized spacial score (nSPS) is 21.8. The third-order valence-electron chi connectivity index (χ3n) is 5.88. The highest BCUT2D eigenvalue weighted by molar-refractivity contribution is 7.55. The zero-order valence-corrected chi connectivity index (χ0v) is 23.5. The van der Waals surface area contributed by atoms with Crippen LogP contribution in [0.15, 0.2) is 28.1 Å². The van der Waals surface area contributed by atoms with Gasteiger partial charge in [0, 0.05) is 24.8 Å². The molecule has 0 aromatic carbocycles. The molecule has 0 radical (unpaired) electrons. The monoisotopic (exact) mass is 582 g/mol. The van der Waals surface area contributed by atoms with E-state index < -0.39 is 67.8 Å². The molecule has 1 amide bonds. The number of carbonyl (C=O) groups is 1. The fraction of sp³-hybridized carbons (Fsp3) is 0.696. The molecule has 3 N–H and O–H groups in total. The summed E-state index contributed by atoms with van der Waals surface area (Å²) in [6, 6.07) is 0. The van der Waals surface area contributed by atoms with E-state index in [1.54, 1.807) is 0 Å². The first-order valence-corrected chi connectivity index (χ1v) is 13.9. The molecule has 2 heterocycles. The molecule has 0 bridgehead atoms. The van der Waals surface area contributed by atoms with E-state index in [0.29, 0.717) is 13.1 Å². The lowest BCUT2D eigenvalue weighted by Crippen LogP contribution is -2.38. The van der Waals surface area contributed by atoms with Crippen LogP contribution in [-0.4, -0.2) is 90.3 Å². The van der Waals surface area contributed by atoms with Crippen molar-refractivity contribution in [3.63, 3.8) is 0 Å². The zero-order chi connectivity index (χ0) is 29.5. The van der Waals surface area contributed by atoms with Crippen molar-refractivity contribution >= 4 is 13.5 Å². The van der Waals surface area contributed by atoms with Crippen LogP contribution in [0.2, 0.25) is 0 Å². The molecular weight excluding hydrogens is 545 g/mol. The number of nitrogens with zero attached hydrogens (tertiary/aromatic N) is 2. The van der Waals surface area contributed by atoms with Crippen LogP contribution in [0.25, 0.3) is 0 Å². The van der Waals surface area contributed by atoms with Gasteiger partial charge in [0.2, 0.25) is 0 Å². The molecular formula is C23H37F2N4O9P. The van der Waals surface area contributed by atoms with Crippen LogP contribution in [-0.2, 0) is 27.9 Å². The Hall–Kier alpha value is -2.42. The Kier molecular flexibility index (Phi) is 11.6. The molecule has 2 rings (SSSR count). The zero-order valence-electron chi connectivity index (χ0n) is 22.6. The summed E-state index contributed by atoms with van der Waals surface area (Å²) in [4.78, 5) is 40.6. The number of alkyl halides is 2. The minimum atomic E-state index is -4.95. The van der Waals surface area contributed by atoms with Gasteiger partial charge < -0.3 is 33.8 Å². The van der Waals surface area contributed by atoms with Crippen molar-refractivity contribution in [2.75, 3.05) is 47.0 Å². The Morgan fingerprint density at radius 2 is 1.92 bits per heavy atom. The molecule has 1 fully saturated rings. The third kappa shape index (κ3) is 8.05. The molecule has 1 aromatic rings. The van der Waals surface area contributed by atoms with Crippen LogP contribution in [0.3, 0.4) is 0 Å². The number of hydrogen-bond donors (Lipinski definition) is 3. The lowest BCUT2D eigenvalue weighted by molar-refractivity contribution is -0.125. The van der Waals surface area contributed by atoms with Crippen molar-refractivity contribution in [2.45, 2.75) is 51.3 Å². The van der Waals surface area contributed by atoms with E-state index in [0.717, 1.165) is 10.8 Å². The number of ether oxygens (including phenoxy) is 2. The largest absolute Gasteiger partial charge is 0.488 e. The van der Waals surface area contributed by atoms with Gasteiger partial charge in [-0.15, -0.1) is 0 Å². The Balaban J connectivity index is 2.35. The molecule has 16 heteroatoms. The van der Waals surface area contributed by atoms with Crippen molar-refractivity contribution in [1.29, 1.82) is 0 Å². The maximum atomic E-state index is 15.2. The smallest absolute Gasteiger partial charge is 0.399 e. The minimum Gasteiger partial charge on any atom is -0.488 e. The van der Waals surface area contributed by atoms with Crippen LogP contribution in [0, 0.1) is 12.8 Å². The second kappa shape index (κ2) is 13.8. The van der Waals surface area contributed by atoms with Gasteiger partial charge in [-0.3, -0.25) is 23.7 Å². The fourth-order valence-corrected chi connectivity index (χ4v) is 5.46. The van der Waals surface area contributed by atoms with Crippen LogP contribution < -0.4 is 16.6 Å². The van der Waals surface area contributed by atoms with Crippen molar-refractivity contribution in [3.05, 3.63) is 44.9 Å². The van der Waals surface area contributed by atoms with Crippen molar-refractivity contribution < 1.29 is 41.8 Å². The van der Waals surface area contributed by atoms with Gasteiger partial charge in [0.25, 0.3) is 11.5 Å². The summed E-state index contributed by atoms with van der Waals surface area (Å²) in [5.74, 6) is -2.06. The average molecular weight is 583 g/mol. The molecule has 222 valence electrons. The van der Waals surface area contributed by atoms with Crippen molar-refractivity contribution in [3.8, 4) is 0 Å². The van der Waals surface area contributed by atoms with E-state index in [4.69, 9.17) is 18.5 Å². The lowest BCUT2D eigenvalue weighted by atomic mass is 9.96. The van der Waals surface area contributed by atoms with Crippen molar-refractivity contribution in [2.24, 2.45) is 5.92 Å². The first-order chi connectivity index (χ1) is 18.2. The summed E-state index contributed by atoms with van der Waals surface area (Å²) in [5.41, 5.74) is -5.59. The van der Waals surface area contributed by atoms with Gasteiger partial charge in [-0.05, 0) is 34.9 Å². The lowest BCUT2D eigenvalue weighted by Gasteiger charge is -2.28. The number of likely N-dealkylation sites (N-methyl/N-ethyl adjacent to an activating group) is 1. The Morgan fingerprint density at radius 1 is 1.31 bits per heavy atom. The number of H-pyrrole nitrogens is 1. The third-order valence-corrected chi connectivity index (χ3v) is 8.06. The Bertz CT molecular complexity index is 1160. The number of amides is 1. The summed E-state index contributed by atoms with van der Waals surface area (Å²) < 4.78 is 64.9. The van der Waals surface area contributed by atoms with E-state index in [9.17, 15) is 24.1 Å². The molecule has 0 unspecified atom stereocenters. The highest BCUT2D eigenvalue weighted by atomic mass is 31.2. The van der Waals surface area contributed by atoms with Gasteiger partial charge in [-0.2, -0.15) is 8.78 Å². The number of halogens is 2. The molecule has 1 aliphatic rings. The van der Waals surface area contributed by atoms with E-state index in [-0.39, 0.29) is 24.5 Å².